The Kier molecular flexibility index (Phi) is 64.7. The fraction of sp³-hybridized carbons (Fsp3) is 0.743. The van der Waals surface area contributed by atoms with Gasteiger partial charge in [0.15, 0.2) is 6.10 Å². The third kappa shape index (κ3) is 65.1. The van der Waals surface area contributed by atoms with Gasteiger partial charge in [-0.1, -0.05) is 317 Å². The summed E-state index contributed by atoms with van der Waals surface area (Å²) < 4.78 is 16.9. The predicted octanol–water partition coefficient (Wildman–Crippen LogP) is 23.6. The first-order valence-corrected chi connectivity index (χ1v) is 34.2. The normalized spacial score (nSPS) is 12.7. The predicted molar refractivity (Wildman–Crippen MR) is 348 cm³/mol. The van der Waals surface area contributed by atoms with Gasteiger partial charge in [-0.05, 0) is 96.3 Å². The number of esters is 3. The van der Waals surface area contributed by atoms with Gasteiger partial charge in [-0.25, -0.2) is 0 Å². The molecule has 0 aliphatic heterocycles. The highest BCUT2D eigenvalue weighted by atomic mass is 16.6. The van der Waals surface area contributed by atoms with Crippen molar-refractivity contribution >= 4 is 17.9 Å². The molecule has 6 nitrogen and oxygen atoms in total. The Morgan fingerprint density at radius 1 is 0.263 bits per heavy atom. The second-order valence-electron chi connectivity index (χ2n) is 22.7. The molecule has 0 bridgehead atoms. The molecule has 0 rings (SSSR count). The number of ether oxygens (including phenoxy) is 3. The minimum Gasteiger partial charge on any atom is -0.462 e. The summed E-state index contributed by atoms with van der Waals surface area (Å²) in [5.41, 5.74) is 0. The maximum atomic E-state index is 12.9. The maximum absolute atomic E-state index is 12.9. The molecule has 0 N–H and O–H groups in total. The Bertz CT molecular complexity index is 1560. The van der Waals surface area contributed by atoms with Gasteiger partial charge in [0, 0.05) is 19.3 Å². The first kappa shape index (κ1) is 76.3. The van der Waals surface area contributed by atoms with Crippen LogP contribution in [0.5, 0.6) is 0 Å². The molecule has 0 amide bonds. The summed E-state index contributed by atoms with van der Waals surface area (Å²) >= 11 is 0. The summed E-state index contributed by atoms with van der Waals surface area (Å²) in [6.45, 7) is 6.51. The zero-order valence-electron chi connectivity index (χ0n) is 52.8. The zero-order valence-corrected chi connectivity index (χ0v) is 52.8. The summed E-state index contributed by atoms with van der Waals surface area (Å²) in [6, 6.07) is 0. The first-order chi connectivity index (χ1) is 39.5. The standard InChI is InChI=1S/C74H128O6/c1-4-7-10-13-16-19-22-24-26-28-30-32-34-35-36-37-38-39-40-42-43-45-47-49-52-55-58-61-64-67-73(76)79-70-71(69-78-72(75)66-63-60-57-54-51-21-18-15-12-9-6-3)80-74(77)68-65-62-59-56-53-50-48-46-44-41-33-31-29-27-25-23-20-17-14-11-8-5-2/h7,10,15-16,18-19,24,26,30,32,35-36,38-39,42-43,71H,4-6,8-9,11-14,17,20-23,25,27-29,31,33-34,37,40-41,44-70H2,1-3H3/b10-7-,18-15-,19-16-,26-24-,32-30-,36-35-,39-38-,43-42-. The molecule has 0 aromatic carbocycles. The summed E-state index contributed by atoms with van der Waals surface area (Å²) in [7, 11) is 0. The van der Waals surface area contributed by atoms with Crippen molar-refractivity contribution in [1.29, 1.82) is 0 Å². The molecule has 0 aliphatic rings. The van der Waals surface area contributed by atoms with E-state index in [0.29, 0.717) is 19.3 Å². The largest absolute Gasteiger partial charge is 0.462 e. The molecule has 0 spiro atoms. The van der Waals surface area contributed by atoms with E-state index in [1.807, 2.05) is 0 Å². The average molecular weight is 1110 g/mol. The highest BCUT2D eigenvalue weighted by molar-refractivity contribution is 5.71. The van der Waals surface area contributed by atoms with Crippen LogP contribution < -0.4 is 0 Å². The van der Waals surface area contributed by atoms with Crippen molar-refractivity contribution in [2.24, 2.45) is 0 Å². The maximum Gasteiger partial charge on any atom is 0.306 e. The van der Waals surface area contributed by atoms with Gasteiger partial charge in [0.05, 0.1) is 0 Å². The monoisotopic (exact) mass is 1110 g/mol. The fourth-order valence-electron chi connectivity index (χ4n) is 9.70. The molecule has 0 radical (unpaired) electrons. The number of rotatable bonds is 62. The van der Waals surface area contributed by atoms with Crippen molar-refractivity contribution in [3.05, 3.63) is 97.2 Å². The molecule has 0 aromatic heterocycles. The van der Waals surface area contributed by atoms with Crippen LogP contribution in [0.3, 0.4) is 0 Å². The Morgan fingerprint density at radius 3 is 0.812 bits per heavy atom. The molecular weight excluding hydrogens is 985 g/mol. The second-order valence-corrected chi connectivity index (χ2v) is 22.7. The third-order valence-corrected chi connectivity index (χ3v) is 14.8. The summed E-state index contributed by atoms with van der Waals surface area (Å²) in [5, 5.41) is 0. The smallest absolute Gasteiger partial charge is 0.306 e. The van der Waals surface area contributed by atoms with Crippen molar-refractivity contribution in [2.75, 3.05) is 13.2 Å². The van der Waals surface area contributed by atoms with Gasteiger partial charge in [0.25, 0.3) is 0 Å². The molecule has 0 aliphatic carbocycles. The van der Waals surface area contributed by atoms with Crippen molar-refractivity contribution in [2.45, 2.75) is 341 Å². The van der Waals surface area contributed by atoms with Gasteiger partial charge in [0.1, 0.15) is 13.2 Å². The summed E-state index contributed by atoms with van der Waals surface area (Å²) in [4.78, 5) is 38.3. The van der Waals surface area contributed by atoms with E-state index in [4.69, 9.17) is 14.2 Å². The number of carbonyl (C=O) groups excluding carboxylic acids is 3. The lowest BCUT2D eigenvalue weighted by Crippen LogP contribution is -2.30. The quantitative estimate of drug-likeness (QED) is 0.0261. The van der Waals surface area contributed by atoms with Gasteiger partial charge < -0.3 is 14.2 Å². The number of unbranched alkanes of at least 4 members (excludes halogenated alkanes) is 35. The molecule has 0 fully saturated rings. The second kappa shape index (κ2) is 67.8. The van der Waals surface area contributed by atoms with Crippen molar-refractivity contribution < 1.29 is 28.6 Å². The number of allylic oxidation sites excluding steroid dienone is 16. The minimum atomic E-state index is -0.785. The van der Waals surface area contributed by atoms with E-state index in [0.717, 1.165) is 116 Å². The van der Waals surface area contributed by atoms with E-state index >= 15 is 0 Å². The Balaban J connectivity index is 4.27. The average Bonchev–Trinajstić information content (AvgIpc) is 3.46. The van der Waals surface area contributed by atoms with Gasteiger partial charge in [-0.15, -0.1) is 0 Å². The van der Waals surface area contributed by atoms with Crippen LogP contribution >= 0.6 is 0 Å². The van der Waals surface area contributed by atoms with Crippen molar-refractivity contribution in [3.63, 3.8) is 0 Å². The topological polar surface area (TPSA) is 78.9 Å². The highest BCUT2D eigenvalue weighted by Gasteiger charge is 2.19. The summed E-state index contributed by atoms with van der Waals surface area (Å²) in [5.74, 6) is -0.888. The first-order valence-electron chi connectivity index (χ1n) is 34.2. The molecule has 1 unspecified atom stereocenters. The number of hydrogen-bond acceptors (Lipinski definition) is 6. The van der Waals surface area contributed by atoms with E-state index in [1.165, 1.54) is 180 Å². The van der Waals surface area contributed by atoms with E-state index in [9.17, 15) is 14.4 Å². The van der Waals surface area contributed by atoms with Gasteiger partial charge in [-0.2, -0.15) is 0 Å². The van der Waals surface area contributed by atoms with Crippen LogP contribution in [0.25, 0.3) is 0 Å². The van der Waals surface area contributed by atoms with Crippen LogP contribution in [0, 0.1) is 0 Å². The van der Waals surface area contributed by atoms with E-state index in [2.05, 4.69) is 118 Å². The molecule has 1 atom stereocenters. The number of hydrogen-bond donors (Lipinski definition) is 0. The van der Waals surface area contributed by atoms with Crippen molar-refractivity contribution in [1.82, 2.24) is 0 Å². The molecule has 6 heteroatoms. The highest BCUT2D eigenvalue weighted by Crippen LogP contribution is 2.17. The van der Waals surface area contributed by atoms with E-state index in [-0.39, 0.29) is 31.1 Å². The SMILES string of the molecule is CC/C=C\C/C=C\C/C=C\C/C=C\C/C=C\C/C=C\C/C=C\CCCCCCCCCC(=O)OCC(COC(=O)CCCCCCC/C=C\CCCC)OC(=O)CCCCCCCCCCCCCCCCCCCCCCCC. The molecule has 0 saturated carbocycles. The third-order valence-electron chi connectivity index (χ3n) is 14.8. The van der Waals surface area contributed by atoms with Gasteiger partial charge in [0.2, 0.25) is 0 Å². The van der Waals surface area contributed by atoms with Crippen LogP contribution in [0.1, 0.15) is 335 Å². The van der Waals surface area contributed by atoms with Crippen LogP contribution in [-0.2, 0) is 28.6 Å². The van der Waals surface area contributed by atoms with Gasteiger partial charge >= 0.3 is 17.9 Å². The van der Waals surface area contributed by atoms with Crippen LogP contribution in [0.4, 0.5) is 0 Å². The van der Waals surface area contributed by atoms with E-state index in [1.54, 1.807) is 0 Å². The van der Waals surface area contributed by atoms with Crippen LogP contribution in [-0.4, -0.2) is 37.2 Å². The minimum absolute atomic E-state index is 0.0825. The summed E-state index contributed by atoms with van der Waals surface area (Å²) in [6.07, 6.45) is 91.4. The lowest BCUT2D eigenvalue weighted by Gasteiger charge is -2.18. The van der Waals surface area contributed by atoms with Gasteiger partial charge in [-0.3, -0.25) is 14.4 Å². The lowest BCUT2D eigenvalue weighted by molar-refractivity contribution is -0.167. The fourth-order valence-corrected chi connectivity index (χ4v) is 9.70. The number of carbonyl (C=O) groups is 3. The zero-order chi connectivity index (χ0) is 57.8. The molecular formula is C74H128O6. The Hall–Kier alpha value is -3.67. The van der Waals surface area contributed by atoms with Crippen molar-refractivity contribution in [3.8, 4) is 0 Å². The van der Waals surface area contributed by atoms with E-state index < -0.39 is 6.10 Å². The molecule has 0 heterocycles. The molecule has 460 valence electrons. The molecule has 0 aromatic rings. The Labute approximate surface area is 496 Å². The van der Waals surface area contributed by atoms with Crippen LogP contribution in [0.15, 0.2) is 97.2 Å². The molecule has 0 saturated heterocycles. The van der Waals surface area contributed by atoms with Crippen LogP contribution in [0.2, 0.25) is 0 Å². The lowest BCUT2D eigenvalue weighted by atomic mass is 10.0. The Morgan fingerprint density at radius 2 is 0.500 bits per heavy atom. The molecule has 80 heavy (non-hydrogen) atoms.